The summed E-state index contributed by atoms with van der Waals surface area (Å²) < 4.78 is 5.56. The summed E-state index contributed by atoms with van der Waals surface area (Å²) in [5.74, 6) is 1.68. The molecule has 0 amide bonds. The van der Waals surface area contributed by atoms with Crippen LogP contribution >= 0.6 is 0 Å². The number of ether oxygens (including phenoxy) is 1. The number of hydrogen-bond acceptors (Lipinski definition) is 3. The van der Waals surface area contributed by atoms with Gasteiger partial charge in [-0.2, -0.15) is 0 Å². The Kier molecular flexibility index (Phi) is 5.07. The van der Waals surface area contributed by atoms with E-state index < -0.39 is 0 Å². The van der Waals surface area contributed by atoms with E-state index in [4.69, 9.17) is 4.74 Å². The maximum atomic E-state index is 5.56. The Labute approximate surface area is 99.3 Å². The molecule has 2 heterocycles. The van der Waals surface area contributed by atoms with Gasteiger partial charge in [-0.05, 0) is 64.1 Å². The maximum absolute atomic E-state index is 5.56. The lowest BCUT2D eigenvalue weighted by molar-refractivity contribution is 0.105. The zero-order valence-electron chi connectivity index (χ0n) is 10.5. The van der Waals surface area contributed by atoms with Gasteiger partial charge >= 0.3 is 0 Å². The van der Waals surface area contributed by atoms with Gasteiger partial charge in [0.15, 0.2) is 0 Å². The Morgan fingerprint density at radius 1 is 1.38 bits per heavy atom. The minimum atomic E-state index is 0.464. The molecule has 0 aromatic rings. The standard InChI is InChI=1S/C13H26N2O/c1-11-13(5-8-16-11)10-14-6-2-3-12-4-7-15-9-12/h11-15H,2-10H2,1H3. The lowest BCUT2D eigenvalue weighted by atomic mass is 10.0. The zero-order valence-corrected chi connectivity index (χ0v) is 10.5. The van der Waals surface area contributed by atoms with Crippen LogP contribution in [0, 0.1) is 11.8 Å². The van der Waals surface area contributed by atoms with E-state index in [9.17, 15) is 0 Å². The van der Waals surface area contributed by atoms with Crippen molar-refractivity contribution >= 4 is 0 Å². The van der Waals surface area contributed by atoms with Gasteiger partial charge < -0.3 is 15.4 Å². The highest BCUT2D eigenvalue weighted by molar-refractivity contribution is 4.75. The first-order chi connectivity index (χ1) is 7.86. The molecule has 0 radical (unpaired) electrons. The van der Waals surface area contributed by atoms with Gasteiger partial charge in [0, 0.05) is 13.2 Å². The quantitative estimate of drug-likeness (QED) is 0.672. The van der Waals surface area contributed by atoms with Crippen LogP contribution in [0.25, 0.3) is 0 Å². The third-order valence-electron chi connectivity index (χ3n) is 4.07. The Hall–Kier alpha value is -0.120. The molecule has 0 aromatic heterocycles. The fourth-order valence-electron chi connectivity index (χ4n) is 2.81. The van der Waals surface area contributed by atoms with Crippen molar-refractivity contribution in [1.29, 1.82) is 0 Å². The minimum absolute atomic E-state index is 0.464. The van der Waals surface area contributed by atoms with E-state index in [2.05, 4.69) is 17.6 Å². The van der Waals surface area contributed by atoms with Gasteiger partial charge in [0.05, 0.1) is 6.10 Å². The molecule has 2 rings (SSSR count). The van der Waals surface area contributed by atoms with E-state index in [0.717, 1.165) is 25.0 Å². The number of nitrogens with one attached hydrogen (secondary N) is 2. The van der Waals surface area contributed by atoms with Crippen molar-refractivity contribution in [1.82, 2.24) is 10.6 Å². The van der Waals surface area contributed by atoms with Crippen LogP contribution in [0.3, 0.4) is 0 Å². The number of rotatable bonds is 6. The summed E-state index contributed by atoms with van der Waals surface area (Å²) in [5, 5.41) is 7.01. The molecule has 3 heteroatoms. The molecule has 2 N–H and O–H groups in total. The second-order valence-electron chi connectivity index (χ2n) is 5.33. The Morgan fingerprint density at radius 3 is 3.00 bits per heavy atom. The second-order valence-corrected chi connectivity index (χ2v) is 5.33. The van der Waals surface area contributed by atoms with E-state index in [1.54, 1.807) is 0 Å². The third-order valence-corrected chi connectivity index (χ3v) is 4.07. The van der Waals surface area contributed by atoms with Gasteiger partial charge in [0.25, 0.3) is 0 Å². The average Bonchev–Trinajstić information content (AvgIpc) is 2.90. The van der Waals surface area contributed by atoms with Crippen LogP contribution in [-0.4, -0.2) is 38.9 Å². The largest absolute Gasteiger partial charge is 0.378 e. The highest BCUT2D eigenvalue weighted by Gasteiger charge is 2.23. The van der Waals surface area contributed by atoms with Gasteiger partial charge in [-0.15, -0.1) is 0 Å². The molecule has 3 nitrogen and oxygen atoms in total. The van der Waals surface area contributed by atoms with Crippen LogP contribution in [0.1, 0.15) is 32.6 Å². The van der Waals surface area contributed by atoms with E-state index in [0.29, 0.717) is 6.10 Å². The maximum Gasteiger partial charge on any atom is 0.0588 e. The SMILES string of the molecule is CC1OCCC1CNCCCC1CCNC1. The molecule has 0 bridgehead atoms. The van der Waals surface area contributed by atoms with E-state index in [1.165, 1.54) is 45.3 Å². The summed E-state index contributed by atoms with van der Waals surface area (Å²) >= 11 is 0. The van der Waals surface area contributed by atoms with Gasteiger partial charge in [0.2, 0.25) is 0 Å². The van der Waals surface area contributed by atoms with Crippen LogP contribution in [-0.2, 0) is 4.74 Å². The van der Waals surface area contributed by atoms with Crippen molar-refractivity contribution in [3.8, 4) is 0 Å². The van der Waals surface area contributed by atoms with Crippen molar-refractivity contribution in [2.45, 2.75) is 38.7 Å². The normalized spacial score (nSPS) is 34.7. The van der Waals surface area contributed by atoms with Crippen LogP contribution < -0.4 is 10.6 Å². The molecule has 2 saturated heterocycles. The van der Waals surface area contributed by atoms with Crippen molar-refractivity contribution < 1.29 is 4.74 Å². The fraction of sp³-hybridized carbons (Fsp3) is 1.00. The second kappa shape index (κ2) is 6.58. The predicted molar refractivity (Wildman–Crippen MR) is 66.6 cm³/mol. The van der Waals surface area contributed by atoms with Crippen LogP contribution in [0.2, 0.25) is 0 Å². The minimum Gasteiger partial charge on any atom is -0.378 e. The summed E-state index contributed by atoms with van der Waals surface area (Å²) in [6, 6.07) is 0. The van der Waals surface area contributed by atoms with E-state index in [1.807, 2.05) is 0 Å². The molecule has 2 aliphatic rings. The van der Waals surface area contributed by atoms with Crippen molar-refractivity contribution in [3.05, 3.63) is 0 Å². The highest BCUT2D eigenvalue weighted by Crippen LogP contribution is 2.19. The van der Waals surface area contributed by atoms with Crippen LogP contribution in [0.15, 0.2) is 0 Å². The molecule has 94 valence electrons. The molecular formula is C13H26N2O. The first-order valence-corrected chi connectivity index (χ1v) is 6.89. The molecule has 0 aliphatic carbocycles. The Balaban J connectivity index is 1.45. The predicted octanol–water partition coefficient (Wildman–Crippen LogP) is 1.39. The average molecular weight is 226 g/mol. The molecule has 16 heavy (non-hydrogen) atoms. The lowest BCUT2D eigenvalue weighted by Gasteiger charge is -2.15. The first kappa shape index (κ1) is 12.3. The summed E-state index contributed by atoms with van der Waals surface area (Å²) in [7, 11) is 0. The highest BCUT2D eigenvalue weighted by atomic mass is 16.5. The fourth-order valence-corrected chi connectivity index (χ4v) is 2.81. The lowest BCUT2D eigenvalue weighted by Crippen LogP contribution is -2.28. The van der Waals surface area contributed by atoms with Crippen LogP contribution in [0.4, 0.5) is 0 Å². The Bertz CT molecular complexity index is 192. The molecule has 3 unspecified atom stereocenters. The summed E-state index contributed by atoms with van der Waals surface area (Å²) in [5.41, 5.74) is 0. The topological polar surface area (TPSA) is 33.3 Å². The van der Waals surface area contributed by atoms with Crippen molar-refractivity contribution in [2.75, 3.05) is 32.8 Å². The summed E-state index contributed by atoms with van der Waals surface area (Å²) in [6.07, 6.45) is 5.80. The smallest absolute Gasteiger partial charge is 0.0588 e. The van der Waals surface area contributed by atoms with Gasteiger partial charge in [-0.3, -0.25) is 0 Å². The molecule has 0 aromatic carbocycles. The molecular weight excluding hydrogens is 200 g/mol. The molecule has 0 saturated carbocycles. The van der Waals surface area contributed by atoms with E-state index >= 15 is 0 Å². The zero-order chi connectivity index (χ0) is 11.2. The summed E-state index contributed by atoms with van der Waals surface area (Å²) in [4.78, 5) is 0. The molecule has 0 spiro atoms. The first-order valence-electron chi connectivity index (χ1n) is 6.89. The third kappa shape index (κ3) is 3.72. The van der Waals surface area contributed by atoms with E-state index in [-0.39, 0.29) is 0 Å². The summed E-state index contributed by atoms with van der Waals surface area (Å²) in [6.45, 7) is 7.96. The van der Waals surface area contributed by atoms with Crippen molar-refractivity contribution in [3.63, 3.8) is 0 Å². The molecule has 3 atom stereocenters. The molecule has 2 aliphatic heterocycles. The van der Waals surface area contributed by atoms with Gasteiger partial charge in [0.1, 0.15) is 0 Å². The number of hydrogen-bond donors (Lipinski definition) is 2. The monoisotopic (exact) mass is 226 g/mol. The van der Waals surface area contributed by atoms with Gasteiger partial charge in [-0.1, -0.05) is 0 Å². The van der Waals surface area contributed by atoms with Crippen LogP contribution in [0.5, 0.6) is 0 Å². The van der Waals surface area contributed by atoms with Gasteiger partial charge in [-0.25, -0.2) is 0 Å². The molecule has 2 fully saturated rings. The van der Waals surface area contributed by atoms with Crippen molar-refractivity contribution in [2.24, 2.45) is 11.8 Å². The Morgan fingerprint density at radius 2 is 2.31 bits per heavy atom.